The summed E-state index contributed by atoms with van der Waals surface area (Å²) >= 11 is 5.94. The summed E-state index contributed by atoms with van der Waals surface area (Å²) in [5.74, 6) is 0. The lowest BCUT2D eigenvalue weighted by Gasteiger charge is -2.48. The standard InChI is InChI=1S/C18H22ClN3O2/c1-17(24-2)8-7-15(9-14-3-5-16(19)6-4-14)10-18(17,23)11-22-13-20-12-21-22/h3-6,9,12-13,23H,7-8,10-11H2,1-2H3/b15-9+. The lowest BCUT2D eigenvalue weighted by Crippen LogP contribution is -2.58. The predicted octanol–water partition coefficient (Wildman–Crippen LogP) is 3.34. The predicted molar refractivity (Wildman–Crippen MR) is 93.7 cm³/mol. The third-order valence-electron chi connectivity index (χ3n) is 5.01. The molecule has 1 aliphatic rings. The first-order valence-electron chi connectivity index (χ1n) is 7.99. The summed E-state index contributed by atoms with van der Waals surface area (Å²) in [6.07, 6.45) is 7.37. The molecule has 1 fully saturated rings. The van der Waals surface area contributed by atoms with Crippen molar-refractivity contribution >= 4 is 17.7 Å². The molecule has 1 aromatic heterocycles. The molecule has 1 N–H and O–H groups in total. The second-order valence-corrected chi connectivity index (χ2v) is 7.03. The zero-order chi connectivity index (χ0) is 17.2. The van der Waals surface area contributed by atoms with Crippen molar-refractivity contribution < 1.29 is 9.84 Å². The Morgan fingerprint density at radius 2 is 2.12 bits per heavy atom. The molecule has 1 aromatic carbocycles. The maximum atomic E-state index is 11.4. The molecule has 1 aliphatic carbocycles. The van der Waals surface area contributed by atoms with E-state index in [-0.39, 0.29) is 0 Å². The van der Waals surface area contributed by atoms with Crippen LogP contribution in [0, 0.1) is 0 Å². The summed E-state index contributed by atoms with van der Waals surface area (Å²) in [5.41, 5.74) is 0.593. The average molecular weight is 348 g/mol. The van der Waals surface area contributed by atoms with E-state index in [4.69, 9.17) is 16.3 Å². The van der Waals surface area contributed by atoms with E-state index in [2.05, 4.69) is 16.2 Å². The molecule has 1 heterocycles. The van der Waals surface area contributed by atoms with Gasteiger partial charge in [-0.05, 0) is 37.5 Å². The van der Waals surface area contributed by atoms with E-state index in [0.29, 0.717) is 13.0 Å². The van der Waals surface area contributed by atoms with Crippen molar-refractivity contribution in [3.8, 4) is 0 Å². The monoisotopic (exact) mass is 347 g/mol. The van der Waals surface area contributed by atoms with Gasteiger partial charge in [-0.3, -0.25) is 0 Å². The first-order valence-corrected chi connectivity index (χ1v) is 8.37. The van der Waals surface area contributed by atoms with Gasteiger partial charge in [0.25, 0.3) is 0 Å². The number of ether oxygens (including phenoxy) is 1. The third kappa shape index (κ3) is 3.38. The zero-order valence-corrected chi connectivity index (χ0v) is 14.7. The lowest BCUT2D eigenvalue weighted by atomic mass is 9.70. The molecule has 2 atom stereocenters. The molecule has 6 heteroatoms. The van der Waals surface area contributed by atoms with Crippen LogP contribution in [-0.4, -0.2) is 38.2 Å². The van der Waals surface area contributed by atoms with Crippen LogP contribution in [0.15, 0.2) is 42.5 Å². The lowest BCUT2D eigenvalue weighted by molar-refractivity contribution is -0.180. The molecule has 1 saturated carbocycles. The van der Waals surface area contributed by atoms with Gasteiger partial charge in [0, 0.05) is 18.6 Å². The van der Waals surface area contributed by atoms with Gasteiger partial charge in [0.2, 0.25) is 0 Å². The van der Waals surface area contributed by atoms with Crippen LogP contribution in [0.4, 0.5) is 0 Å². The second kappa shape index (κ2) is 6.67. The fraction of sp³-hybridized carbons (Fsp3) is 0.444. The molecule has 2 aromatic rings. The van der Waals surface area contributed by atoms with Crippen molar-refractivity contribution in [3.63, 3.8) is 0 Å². The molecule has 0 radical (unpaired) electrons. The van der Waals surface area contributed by atoms with Crippen LogP contribution >= 0.6 is 11.6 Å². The summed E-state index contributed by atoms with van der Waals surface area (Å²) in [6.45, 7) is 2.30. The Labute approximate surface area is 146 Å². The van der Waals surface area contributed by atoms with Crippen LogP contribution in [0.2, 0.25) is 5.02 Å². The highest BCUT2D eigenvalue weighted by atomic mass is 35.5. The van der Waals surface area contributed by atoms with E-state index in [1.54, 1.807) is 18.1 Å². The highest BCUT2D eigenvalue weighted by Gasteiger charge is 2.50. The van der Waals surface area contributed by atoms with Gasteiger partial charge >= 0.3 is 0 Å². The molecule has 0 bridgehead atoms. The Bertz CT molecular complexity index is 714. The van der Waals surface area contributed by atoms with Crippen molar-refractivity contribution in [2.45, 2.75) is 43.9 Å². The number of aromatic nitrogens is 3. The Hall–Kier alpha value is -1.69. The van der Waals surface area contributed by atoms with Gasteiger partial charge in [-0.1, -0.05) is 35.4 Å². The number of benzene rings is 1. The van der Waals surface area contributed by atoms with Gasteiger partial charge in [-0.15, -0.1) is 0 Å². The van der Waals surface area contributed by atoms with E-state index in [9.17, 15) is 5.11 Å². The minimum atomic E-state index is -1.05. The maximum absolute atomic E-state index is 11.4. The van der Waals surface area contributed by atoms with E-state index in [1.165, 1.54) is 11.9 Å². The Kier molecular flexibility index (Phi) is 4.76. The van der Waals surface area contributed by atoms with E-state index >= 15 is 0 Å². The van der Waals surface area contributed by atoms with E-state index in [1.807, 2.05) is 31.2 Å². The van der Waals surface area contributed by atoms with Crippen molar-refractivity contribution in [2.24, 2.45) is 0 Å². The van der Waals surface area contributed by atoms with Crippen molar-refractivity contribution in [2.75, 3.05) is 7.11 Å². The van der Waals surface area contributed by atoms with Crippen molar-refractivity contribution in [3.05, 3.63) is 53.1 Å². The smallest absolute Gasteiger partial charge is 0.137 e. The van der Waals surface area contributed by atoms with E-state index in [0.717, 1.165) is 23.4 Å². The summed E-state index contributed by atoms with van der Waals surface area (Å²) in [7, 11) is 1.65. The van der Waals surface area contributed by atoms with Gasteiger partial charge in [0.15, 0.2) is 0 Å². The van der Waals surface area contributed by atoms with Crippen LogP contribution in [0.25, 0.3) is 6.08 Å². The molecule has 2 unspecified atom stereocenters. The minimum absolute atomic E-state index is 0.343. The van der Waals surface area contributed by atoms with Crippen LogP contribution < -0.4 is 0 Å². The average Bonchev–Trinajstić information content (AvgIpc) is 3.06. The highest BCUT2D eigenvalue weighted by molar-refractivity contribution is 6.30. The number of rotatable bonds is 4. The Morgan fingerprint density at radius 1 is 1.38 bits per heavy atom. The highest BCUT2D eigenvalue weighted by Crippen LogP contribution is 2.43. The van der Waals surface area contributed by atoms with Crippen LogP contribution in [0.1, 0.15) is 31.7 Å². The summed E-state index contributed by atoms with van der Waals surface area (Å²) < 4.78 is 7.36. The number of halogens is 1. The second-order valence-electron chi connectivity index (χ2n) is 6.59. The van der Waals surface area contributed by atoms with Crippen LogP contribution in [0.5, 0.6) is 0 Å². The van der Waals surface area contributed by atoms with Gasteiger partial charge in [-0.2, -0.15) is 5.10 Å². The fourth-order valence-electron chi connectivity index (χ4n) is 3.30. The molecule has 128 valence electrons. The fourth-order valence-corrected chi connectivity index (χ4v) is 3.42. The molecule has 3 rings (SSSR count). The summed E-state index contributed by atoms with van der Waals surface area (Å²) in [6, 6.07) is 7.71. The number of nitrogens with zero attached hydrogens (tertiary/aromatic N) is 3. The van der Waals surface area contributed by atoms with Gasteiger partial charge in [0.05, 0.1) is 12.1 Å². The first-order chi connectivity index (χ1) is 11.4. The van der Waals surface area contributed by atoms with Crippen molar-refractivity contribution in [1.82, 2.24) is 14.8 Å². The van der Waals surface area contributed by atoms with Crippen LogP contribution in [0.3, 0.4) is 0 Å². The third-order valence-corrected chi connectivity index (χ3v) is 5.26. The molecular formula is C18H22ClN3O2. The quantitative estimate of drug-likeness (QED) is 0.921. The number of aliphatic hydroxyl groups is 1. The molecule has 0 saturated heterocycles. The van der Waals surface area contributed by atoms with E-state index < -0.39 is 11.2 Å². The largest absolute Gasteiger partial charge is 0.385 e. The minimum Gasteiger partial charge on any atom is -0.385 e. The zero-order valence-electron chi connectivity index (χ0n) is 13.9. The SMILES string of the molecule is COC1(C)CC/C(=C\c2ccc(Cl)cc2)CC1(O)Cn1cncn1. The molecular weight excluding hydrogens is 326 g/mol. The molecule has 0 aliphatic heterocycles. The molecule has 24 heavy (non-hydrogen) atoms. The Balaban J connectivity index is 1.87. The maximum Gasteiger partial charge on any atom is 0.137 e. The summed E-state index contributed by atoms with van der Waals surface area (Å²) in [5, 5.41) is 16.2. The van der Waals surface area contributed by atoms with Crippen molar-refractivity contribution in [1.29, 1.82) is 0 Å². The topological polar surface area (TPSA) is 60.2 Å². The summed E-state index contributed by atoms with van der Waals surface area (Å²) in [4.78, 5) is 3.96. The normalized spacial score (nSPS) is 29.1. The first kappa shape index (κ1) is 17.1. The number of hydrogen-bond donors (Lipinski definition) is 1. The Morgan fingerprint density at radius 3 is 2.75 bits per heavy atom. The molecule has 0 amide bonds. The molecule has 5 nitrogen and oxygen atoms in total. The number of hydrogen-bond acceptors (Lipinski definition) is 4. The van der Waals surface area contributed by atoms with Gasteiger partial charge in [-0.25, -0.2) is 9.67 Å². The van der Waals surface area contributed by atoms with Gasteiger partial charge < -0.3 is 9.84 Å². The number of methoxy groups -OCH3 is 1. The van der Waals surface area contributed by atoms with Crippen LogP contribution in [-0.2, 0) is 11.3 Å². The van der Waals surface area contributed by atoms with Gasteiger partial charge in [0.1, 0.15) is 18.3 Å². The molecule has 0 spiro atoms.